The maximum atomic E-state index is 8.22. The smallest absolute Gasteiger partial charge is 0.0624 e. The van der Waals surface area contributed by atoms with Crippen LogP contribution in [0.1, 0.15) is 27.7 Å². The third-order valence-corrected chi connectivity index (χ3v) is 4.20. The Morgan fingerprint density at radius 1 is 0.840 bits per heavy atom. The normalized spacial score (nSPS) is 10.4. The zero-order chi connectivity index (χ0) is 19.7. The molecule has 0 aliphatic rings. The molecule has 0 fully saturated rings. The van der Waals surface area contributed by atoms with Crippen LogP contribution in [0.25, 0.3) is 0 Å². The maximum absolute atomic E-state index is 8.22. The van der Waals surface area contributed by atoms with E-state index in [9.17, 15) is 0 Å². The molecule has 0 amide bonds. The van der Waals surface area contributed by atoms with Crippen molar-refractivity contribution < 1.29 is 22.4 Å². The summed E-state index contributed by atoms with van der Waals surface area (Å²) in [6.07, 6.45) is 0. The molecule has 1 aromatic rings. The Bertz CT molecular complexity index is 383. The Hall–Kier alpha value is 0.509. The third-order valence-electron chi connectivity index (χ3n) is 3.56. The molecule has 0 atom stereocenters. The van der Waals surface area contributed by atoms with Gasteiger partial charge in [0.15, 0.2) is 0 Å². The molecule has 0 saturated heterocycles. The zero-order valence-electron chi connectivity index (χ0n) is 15.7. The second-order valence-corrected chi connectivity index (χ2v) is 7.28. The molecule has 25 heavy (non-hydrogen) atoms. The average Bonchev–Trinajstić information content (AvgIpc) is 2.58. The van der Waals surface area contributed by atoms with Crippen molar-refractivity contribution in [1.29, 1.82) is 0 Å². The molecule has 0 radical (unpaired) electrons. The topological polar surface area (TPSA) is 23.6 Å². The Morgan fingerprint density at radius 3 is 1.56 bits per heavy atom. The molecule has 7 heteroatoms. The van der Waals surface area contributed by atoms with E-state index in [-0.39, 0.29) is 0 Å². The van der Waals surface area contributed by atoms with E-state index in [2.05, 4.69) is 37.5 Å². The van der Waals surface area contributed by atoms with Crippen LogP contribution >= 0.6 is 0 Å². The Balaban J connectivity index is 0. The van der Waals surface area contributed by atoms with Gasteiger partial charge in [-0.1, -0.05) is 30.3 Å². The van der Waals surface area contributed by atoms with Crippen LogP contribution in [0.5, 0.6) is 0 Å². The minimum atomic E-state index is 0.605. The van der Waals surface area contributed by atoms with Crippen molar-refractivity contribution in [3.63, 3.8) is 0 Å². The maximum Gasteiger partial charge on any atom is -0.0624 e. The van der Waals surface area contributed by atoms with Crippen LogP contribution in [0.15, 0.2) is 35.2 Å². The van der Waals surface area contributed by atoms with Gasteiger partial charge in [-0.3, -0.25) is 4.90 Å². The van der Waals surface area contributed by atoms with Crippen LogP contribution in [0.4, 0.5) is 0 Å². The van der Waals surface area contributed by atoms with Gasteiger partial charge in [0, 0.05) is 25.2 Å². The minimum Gasteiger partial charge on any atom is -0.780 e. The fourth-order valence-corrected chi connectivity index (χ4v) is 3.06. The van der Waals surface area contributed by atoms with Crippen LogP contribution < -0.4 is 0 Å². The van der Waals surface area contributed by atoms with Crippen molar-refractivity contribution >= 4 is 37.9 Å². The van der Waals surface area contributed by atoms with Gasteiger partial charge < -0.3 is 42.8 Å². The van der Waals surface area contributed by atoms with Crippen LogP contribution in [-0.4, -0.2) is 59.6 Å². The van der Waals surface area contributed by atoms with Gasteiger partial charge in [-0.2, -0.15) is 16.4 Å². The van der Waals surface area contributed by atoms with E-state index in [1.165, 1.54) is 0 Å². The SMILES string of the molecule is CC(C)N(CCN(CC[S-])CC[S-])C(C)C.[O]=[99Tc+3].[S-]c1ccccc1. The van der Waals surface area contributed by atoms with Crippen molar-refractivity contribution in [3.05, 3.63) is 30.3 Å². The third kappa shape index (κ3) is 16.4. The van der Waals surface area contributed by atoms with Gasteiger partial charge in [-0.25, -0.2) is 0 Å². The Kier molecular flexibility index (Phi) is 21.4. The first-order chi connectivity index (χ1) is 11.9. The predicted octanol–water partition coefficient (Wildman–Crippen LogP) is 2.97. The van der Waals surface area contributed by atoms with Crippen molar-refractivity contribution in [2.45, 2.75) is 44.7 Å². The van der Waals surface area contributed by atoms with Gasteiger partial charge in [-0.05, 0) is 40.8 Å². The molecular formula is C18H31N2OS3Tc. The molecule has 144 valence electrons. The Labute approximate surface area is 182 Å². The van der Waals surface area contributed by atoms with Crippen LogP contribution in [0.2, 0.25) is 0 Å². The van der Waals surface area contributed by atoms with Crippen molar-refractivity contribution in [3.8, 4) is 0 Å². The summed E-state index contributed by atoms with van der Waals surface area (Å²) in [5, 5.41) is 0. The van der Waals surface area contributed by atoms with Crippen molar-refractivity contribution in [2.75, 3.05) is 37.7 Å². The van der Waals surface area contributed by atoms with E-state index in [1.807, 2.05) is 30.3 Å². The number of nitrogens with zero attached hydrogens (tertiary/aromatic N) is 2. The second-order valence-electron chi connectivity index (χ2n) is 5.99. The minimum absolute atomic E-state index is 0.605. The Morgan fingerprint density at radius 2 is 1.28 bits per heavy atom. The van der Waals surface area contributed by atoms with Gasteiger partial charge in [0.05, 0.1) is 0 Å². The molecule has 0 N–H and O–H groups in total. The monoisotopic (exact) mass is 486 g/mol. The molecule has 3 nitrogen and oxygen atoms in total. The summed E-state index contributed by atoms with van der Waals surface area (Å²) < 4.78 is 8.22. The molecule has 0 saturated carbocycles. The molecule has 0 aliphatic heterocycles. The average molecular weight is 487 g/mol. The quantitative estimate of drug-likeness (QED) is 0.498. The molecule has 0 unspecified atom stereocenters. The van der Waals surface area contributed by atoms with Crippen LogP contribution in [0, 0.1) is 0 Å². The summed E-state index contributed by atoms with van der Waals surface area (Å²) in [6, 6.07) is 10.8. The molecule has 0 aliphatic carbocycles. The molecule has 0 heterocycles. The number of hydrogen-bond donors (Lipinski definition) is 0. The summed E-state index contributed by atoms with van der Waals surface area (Å²) in [5.41, 5.74) is 0. The summed E-state index contributed by atoms with van der Waals surface area (Å²) >= 11 is 15.8. The van der Waals surface area contributed by atoms with Gasteiger partial charge >= 0.3 is 22.4 Å². The molecule has 0 spiro atoms. The first-order valence-electron chi connectivity index (χ1n) is 8.44. The summed E-state index contributed by atoms with van der Waals surface area (Å²) in [7, 11) is 0. The van der Waals surface area contributed by atoms with Gasteiger partial charge in [-0.15, -0.1) is 0 Å². The fraction of sp³-hybridized carbons (Fsp3) is 0.667. The van der Waals surface area contributed by atoms with Gasteiger partial charge in [0.25, 0.3) is 0 Å². The summed E-state index contributed by atoms with van der Waals surface area (Å²) in [6.45, 7) is 13.2. The molecular weight excluding hydrogens is 455 g/mol. The van der Waals surface area contributed by atoms with E-state index in [4.69, 9.17) is 41.4 Å². The van der Waals surface area contributed by atoms with E-state index in [0.29, 0.717) is 12.1 Å². The molecule has 1 aromatic carbocycles. The number of benzene rings is 1. The van der Waals surface area contributed by atoms with Gasteiger partial charge in [0.1, 0.15) is 0 Å². The standard InChI is InChI=1S/C12H28N2S2.C6H6S.O.Tc/c1-11(2)14(12(3)4)6-5-13(7-9-15)8-10-16;7-6-4-2-1-3-5-6;;/h11-12,15-16H,5-10H2,1-4H3;1-5,7H;;/q;;;+3/p-3/i;;;1+1. The van der Waals surface area contributed by atoms with Crippen LogP contribution in [-0.2, 0) is 60.2 Å². The first-order valence-corrected chi connectivity index (χ1v) is 10.8. The van der Waals surface area contributed by atoms with Crippen molar-refractivity contribution in [1.82, 2.24) is 9.80 Å². The zero-order valence-corrected chi connectivity index (χ0v) is 20.0. The number of hydrogen-bond acceptors (Lipinski definition) is 6. The van der Waals surface area contributed by atoms with E-state index < -0.39 is 0 Å². The molecule has 0 bridgehead atoms. The largest absolute Gasteiger partial charge is 0.780 e. The first kappa shape index (κ1) is 27.7. The molecule has 0 aromatic heterocycles. The van der Waals surface area contributed by atoms with Crippen molar-refractivity contribution in [2.24, 2.45) is 0 Å². The summed E-state index contributed by atoms with van der Waals surface area (Å²) in [4.78, 5) is 5.81. The fourth-order valence-electron chi connectivity index (χ4n) is 2.38. The predicted molar refractivity (Wildman–Crippen MR) is 111 cm³/mol. The van der Waals surface area contributed by atoms with E-state index in [1.54, 1.807) is 0 Å². The van der Waals surface area contributed by atoms with E-state index >= 15 is 0 Å². The summed E-state index contributed by atoms with van der Waals surface area (Å²) in [5.74, 6) is 1.61. The van der Waals surface area contributed by atoms with Gasteiger partial charge in [0.2, 0.25) is 0 Å². The van der Waals surface area contributed by atoms with E-state index in [0.717, 1.165) is 61.4 Å². The van der Waals surface area contributed by atoms with Crippen LogP contribution in [0.3, 0.4) is 0 Å². The second kappa shape index (κ2) is 19.3. The molecule has 1 rings (SSSR count). The number of rotatable bonds is 9.